The van der Waals surface area contributed by atoms with Gasteiger partial charge in [0.2, 0.25) is 0 Å². The molecule has 0 saturated heterocycles. The monoisotopic (exact) mass is 316 g/mol. The third-order valence-corrected chi connectivity index (χ3v) is 6.51. The van der Waals surface area contributed by atoms with E-state index in [9.17, 15) is 0 Å². The van der Waals surface area contributed by atoms with Crippen molar-refractivity contribution in [2.75, 3.05) is 12.0 Å². The van der Waals surface area contributed by atoms with E-state index in [1.165, 1.54) is 20.4 Å². The number of halogens is 1. The van der Waals surface area contributed by atoms with Crippen LogP contribution in [0.1, 0.15) is 13.3 Å². The van der Waals surface area contributed by atoms with Crippen LogP contribution < -0.4 is 10.4 Å². The van der Waals surface area contributed by atoms with Gasteiger partial charge in [-0.3, -0.25) is 0 Å². The third kappa shape index (κ3) is 2.42. The molecule has 1 aliphatic rings. The van der Waals surface area contributed by atoms with Crippen molar-refractivity contribution in [1.29, 1.82) is 0 Å². The first-order valence-electron chi connectivity index (χ1n) is 5.17. The Morgan fingerprint density at radius 3 is 2.87 bits per heavy atom. The number of benzene rings is 1. The molecule has 0 aliphatic heterocycles. The first-order chi connectivity index (χ1) is 7.20. The van der Waals surface area contributed by atoms with Crippen LogP contribution in [-0.2, 0) is 3.07 Å². The Balaban J connectivity index is 2.48. The van der Waals surface area contributed by atoms with Crippen molar-refractivity contribution in [1.82, 2.24) is 0 Å². The van der Waals surface area contributed by atoms with Gasteiger partial charge in [-0.05, 0) is 0 Å². The van der Waals surface area contributed by atoms with Gasteiger partial charge in [-0.15, -0.1) is 0 Å². The van der Waals surface area contributed by atoms with E-state index in [1.807, 2.05) is 7.11 Å². The number of rotatable bonds is 2. The van der Waals surface area contributed by atoms with Crippen molar-refractivity contribution >= 4 is 32.4 Å². The number of hydrogen-bond acceptors (Lipinski definition) is 1. The van der Waals surface area contributed by atoms with Gasteiger partial charge < -0.3 is 0 Å². The zero-order valence-electron chi connectivity index (χ0n) is 9.46. The second-order valence-electron chi connectivity index (χ2n) is 3.93. The normalized spacial score (nSPS) is 19.9. The van der Waals surface area contributed by atoms with Crippen LogP contribution in [0.4, 0.5) is 0 Å². The van der Waals surface area contributed by atoms with Crippen LogP contribution in [0.25, 0.3) is 12.2 Å². The molecule has 1 aromatic rings. The summed E-state index contributed by atoms with van der Waals surface area (Å²) in [6, 6.07) is 6.78. The molecule has 0 amide bonds. The van der Waals surface area contributed by atoms with Crippen molar-refractivity contribution in [2.24, 2.45) is 5.92 Å². The fraction of sp³-hybridized carbons (Fsp3) is 0.385. The van der Waals surface area contributed by atoms with Gasteiger partial charge in [0.15, 0.2) is 0 Å². The van der Waals surface area contributed by atoms with Crippen LogP contribution in [0.2, 0.25) is 0 Å². The summed E-state index contributed by atoms with van der Waals surface area (Å²) in [6.07, 6.45) is 5.88. The summed E-state index contributed by atoms with van der Waals surface area (Å²) >= 11 is -1.31. The van der Waals surface area contributed by atoms with Gasteiger partial charge >= 0.3 is 99.0 Å². The maximum atomic E-state index is 5.48. The molecule has 0 radical (unpaired) electrons. The summed E-state index contributed by atoms with van der Waals surface area (Å²) in [5.41, 5.74) is 0. The van der Waals surface area contributed by atoms with E-state index < -0.39 is 20.2 Å². The molecule has 0 saturated carbocycles. The van der Waals surface area contributed by atoms with E-state index in [1.54, 1.807) is 0 Å². The van der Waals surface area contributed by atoms with Crippen molar-refractivity contribution in [3.8, 4) is 0 Å². The van der Waals surface area contributed by atoms with Crippen molar-refractivity contribution in [3.05, 3.63) is 32.2 Å². The Kier molecular flexibility index (Phi) is 3.46. The molecule has 1 aliphatic carbocycles. The summed E-state index contributed by atoms with van der Waals surface area (Å²) in [7, 11) is 1.82. The number of alkyl halides is 1. The molecular weight excluding hydrogens is 299 g/mol. The molecule has 82 valence electrons. The standard InChI is InChI=1S/C13H17IO/c1-10-4-5-12-9-13(14(2)15-3)7-6-11(12)8-10/h5-10H,4H2,1-3H3/t10-/m1/s1. The van der Waals surface area contributed by atoms with E-state index in [-0.39, 0.29) is 0 Å². The number of fused-ring (bicyclic) bond motifs is 1. The molecule has 0 unspecified atom stereocenters. The molecule has 0 fully saturated rings. The molecule has 1 aromatic carbocycles. The quantitative estimate of drug-likeness (QED) is 0.600. The molecule has 1 nitrogen and oxygen atoms in total. The van der Waals surface area contributed by atoms with Gasteiger partial charge in [0.25, 0.3) is 0 Å². The predicted octanol–water partition coefficient (Wildman–Crippen LogP) is 2.15. The molecule has 0 N–H and O–H groups in total. The van der Waals surface area contributed by atoms with Crippen molar-refractivity contribution < 1.29 is 3.07 Å². The molecule has 0 bridgehead atoms. The molecule has 0 heterocycles. The van der Waals surface area contributed by atoms with E-state index in [0.29, 0.717) is 5.92 Å². The van der Waals surface area contributed by atoms with E-state index in [4.69, 9.17) is 3.07 Å². The summed E-state index contributed by atoms with van der Waals surface area (Å²) in [4.78, 5) is 2.24. The topological polar surface area (TPSA) is 9.23 Å². The van der Waals surface area contributed by atoms with Gasteiger partial charge in [0.05, 0.1) is 0 Å². The molecule has 0 spiro atoms. The average Bonchev–Trinajstić information content (AvgIpc) is 2.27. The van der Waals surface area contributed by atoms with Gasteiger partial charge in [-0.2, -0.15) is 0 Å². The van der Waals surface area contributed by atoms with E-state index in [2.05, 4.69) is 42.2 Å². The van der Waals surface area contributed by atoms with Crippen LogP contribution in [0.15, 0.2) is 18.2 Å². The van der Waals surface area contributed by atoms with Gasteiger partial charge in [0.1, 0.15) is 0 Å². The Hall–Kier alpha value is -0.350. The molecule has 2 rings (SSSR count). The average molecular weight is 316 g/mol. The van der Waals surface area contributed by atoms with E-state index in [0.717, 1.165) is 0 Å². The van der Waals surface area contributed by atoms with Crippen LogP contribution in [0.3, 0.4) is 0 Å². The number of hydrogen-bond donors (Lipinski definition) is 0. The van der Waals surface area contributed by atoms with Crippen molar-refractivity contribution in [3.63, 3.8) is 0 Å². The van der Waals surface area contributed by atoms with Crippen LogP contribution in [0, 0.1) is 9.49 Å². The fourth-order valence-corrected chi connectivity index (χ4v) is 3.78. The van der Waals surface area contributed by atoms with Gasteiger partial charge in [0, 0.05) is 0 Å². The van der Waals surface area contributed by atoms with Crippen LogP contribution in [-0.4, -0.2) is 12.0 Å². The molecular formula is C13H17IO. The van der Waals surface area contributed by atoms with E-state index >= 15 is 0 Å². The summed E-state index contributed by atoms with van der Waals surface area (Å²) in [5, 5.41) is 2.78. The van der Waals surface area contributed by atoms with Crippen LogP contribution >= 0.6 is 20.2 Å². The molecule has 15 heavy (non-hydrogen) atoms. The van der Waals surface area contributed by atoms with Gasteiger partial charge in [-0.25, -0.2) is 0 Å². The minimum absolute atomic E-state index is 0.682. The first-order valence-corrected chi connectivity index (χ1v) is 9.29. The van der Waals surface area contributed by atoms with Crippen molar-refractivity contribution in [2.45, 2.75) is 13.3 Å². The Labute approximate surface area is 98.8 Å². The summed E-state index contributed by atoms with van der Waals surface area (Å²) < 4.78 is 6.90. The third-order valence-electron chi connectivity index (χ3n) is 2.76. The zero-order valence-corrected chi connectivity index (χ0v) is 11.6. The SMILES string of the molecule is COI(C)c1ccc2c(c1)=CC[C@@H](C)C=2. The fourth-order valence-electron chi connectivity index (χ4n) is 1.82. The molecule has 2 heteroatoms. The molecule has 0 aromatic heterocycles. The second-order valence-corrected chi connectivity index (χ2v) is 8.46. The maximum absolute atomic E-state index is 5.48. The Bertz CT molecular complexity index is 464. The van der Waals surface area contributed by atoms with Gasteiger partial charge in [-0.1, -0.05) is 0 Å². The summed E-state index contributed by atoms with van der Waals surface area (Å²) in [6.45, 7) is 2.26. The second kappa shape index (κ2) is 4.66. The first kappa shape index (κ1) is 11.1. The Morgan fingerprint density at radius 1 is 1.33 bits per heavy atom. The Morgan fingerprint density at radius 2 is 2.13 bits per heavy atom. The van der Waals surface area contributed by atoms with Crippen LogP contribution in [0.5, 0.6) is 0 Å². The molecule has 1 atom stereocenters. The minimum atomic E-state index is -1.31. The zero-order chi connectivity index (χ0) is 10.8. The predicted molar refractivity (Wildman–Crippen MR) is 74.1 cm³/mol. The summed E-state index contributed by atoms with van der Waals surface area (Å²) in [5.74, 6) is 0.682.